The number of hydrogen-bond acceptors (Lipinski definition) is 6. The maximum Gasteiger partial charge on any atom is 0.317 e. The van der Waals surface area contributed by atoms with Crippen molar-refractivity contribution in [3.63, 3.8) is 0 Å². The second-order valence-electron chi connectivity index (χ2n) is 4.78. The summed E-state index contributed by atoms with van der Waals surface area (Å²) in [4.78, 5) is 15.4. The molecule has 1 aromatic heterocycles. The number of hydrogen-bond donors (Lipinski definition) is 2. The number of benzene rings is 1. The number of nitrogens with one attached hydrogen (secondary N) is 1. The molecule has 0 fully saturated rings. The maximum absolute atomic E-state index is 11.1. The zero-order valence-corrected chi connectivity index (χ0v) is 14.0. The molecule has 0 bridgehead atoms. The molecule has 0 aliphatic heterocycles. The molecule has 1 aromatic carbocycles. The fraction of sp³-hybridized carbons (Fsp3) is 0.400. The first-order valence-corrected chi connectivity index (χ1v) is 7.97. The molecule has 2 rings (SSSR count). The van der Waals surface area contributed by atoms with Gasteiger partial charge in [-0.05, 0) is 24.1 Å². The monoisotopic (exact) mass is 337 g/mol. The van der Waals surface area contributed by atoms with Crippen LogP contribution in [-0.4, -0.2) is 45.7 Å². The van der Waals surface area contributed by atoms with Crippen molar-refractivity contribution in [2.45, 2.75) is 30.2 Å². The standard InChI is InChI=1S/C15H19N3O4S/c1-4-12(14(19)20)23-15-16-13(17-18-15)8-9-5-6-10(21-2)11(7-9)22-3/h5-7,12H,4,8H2,1-3H3,(H,19,20)(H,16,17,18)/t12-/m0/s1. The zero-order chi connectivity index (χ0) is 16.8. The summed E-state index contributed by atoms with van der Waals surface area (Å²) in [5.41, 5.74) is 0.987. The lowest BCUT2D eigenvalue weighted by atomic mass is 10.1. The van der Waals surface area contributed by atoms with Gasteiger partial charge in [0.15, 0.2) is 11.5 Å². The highest BCUT2D eigenvalue weighted by Crippen LogP contribution is 2.28. The van der Waals surface area contributed by atoms with Crippen LogP contribution >= 0.6 is 11.8 Å². The van der Waals surface area contributed by atoms with Crippen molar-refractivity contribution in [1.82, 2.24) is 15.2 Å². The number of carboxylic acids is 1. The van der Waals surface area contributed by atoms with Crippen molar-refractivity contribution in [1.29, 1.82) is 0 Å². The van der Waals surface area contributed by atoms with Crippen LogP contribution in [0, 0.1) is 0 Å². The predicted octanol–water partition coefficient (Wildman–Crippen LogP) is 2.37. The van der Waals surface area contributed by atoms with Crippen molar-refractivity contribution >= 4 is 17.7 Å². The first-order valence-electron chi connectivity index (χ1n) is 7.09. The molecule has 8 heteroatoms. The fourth-order valence-electron chi connectivity index (χ4n) is 2.03. The number of aromatic nitrogens is 3. The Bertz CT molecular complexity index is 674. The van der Waals surface area contributed by atoms with Crippen LogP contribution in [0.4, 0.5) is 0 Å². The van der Waals surface area contributed by atoms with Gasteiger partial charge in [0, 0.05) is 6.42 Å². The van der Waals surface area contributed by atoms with Crippen LogP contribution in [0.3, 0.4) is 0 Å². The van der Waals surface area contributed by atoms with Gasteiger partial charge in [0.05, 0.1) is 14.2 Å². The number of ether oxygens (including phenoxy) is 2. The highest BCUT2D eigenvalue weighted by atomic mass is 32.2. The quantitative estimate of drug-likeness (QED) is 0.714. The molecule has 0 spiro atoms. The Balaban J connectivity index is 2.08. The summed E-state index contributed by atoms with van der Waals surface area (Å²) in [7, 11) is 3.17. The molecule has 0 amide bonds. The Morgan fingerprint density at radius 3 is 2.70 bits per heavy atom. The molecular formula is C15H19N3O4S. The molecule has 23 heavy (non-hydrogen) atoms. The molecule has 7 nitrogen and oxygen atoms in total. The number of aromatic amines is 1. The number of rotatable bonds is 8. The lowest BCUT2D eigenvalue weighted by Crippen LogP contribution is -2.14. The average Bonchev–Trinajstić information content (AvgIpc) is 2.99. The van der Waals surface area contributed by atoms with Gasteiger partial charge in [-0.1, -0.05) is 24.8 Å². The molecule has 1 atom stereocenters. The average molecular weight is 337 g/mol. The summed E-state index contributed by atoms with van der Waals surface area (Å²) >= 11 is 1.14. The van der Waals surface area contributed by atoms with Crippen LogP contribution in [0.2, 0.25) is 0 Å². The molecule has 0 aliphatic carbocycles. The van der Waals surface area contributed by atoms with Crippen molar-refractivity contribution in [3.8, 4) is 11.5 Å². The second-order valence-corrected chi connectivity index (χ2v) is 5.95. The second kappa shape index (κ2) is 7.87. The van der Waals surface area contributed by atoms with Crippen LogP contribution < -0.4 is 9.47 Å². The molecule has 0 aliphatic rings. The highest BCUT2D eigenvalue weighted by Gasteiger charge is 2.19. The molecular weight excluding hydrogens is 318 g/mol. The molecule has 0 saturated heterocycles. The minimum absolute atomic E-state index is 0.440. The Morgan fingerprint density at radius 2 is 2.09 bits per heavy atom. The molecule has 1 heterocycles. The predicted molar refractivity (Wildman–Crippen MR) is 86.3 cm³/mol. The van der Waals surface area contributed by atoms with Gasteiger partial charge in [0.25, 0.3) is 0 Å². The minimum atomic E-state index is -0.858. The number of carboxylic acid groups (broad SMARTS) is 1. The van der Waals surface area contributed by atoms with E-state index in [-0.39, 0.29) is 0 Å². The first kappa shape index (κ1) is 17.1. The normalized spacial score (nSPS) is 12.0. The van der Waals surface area contributed by atoms with E-state index in [4.69, 9.17) is 14.6 Å². The molecule has 0 unspecified atom stereocenters. The summed E-state index contributed by atoms with van der Waals surface area (Å²) in [6.45, 7) is 1.82. The van der Waals surface area contributed by atoms with Gasteiger partial charge in [-0.3, -0.25) is 9.89 Å². The van der Waals surface area contributed by atoms with Crippen LogP contribution in [-0.2, 0) is 11.2 Å². The van der Waals surface area contributed by atoms with E-state index in [9.17, 15) is 4.79 Å². The summed E-state index contributed by atoms with van der Waals surface area (Å²) in [6, 6.07) is 5.63. The third-order valence-electron chi connectivity index (χ3n) is 3.22. The van der Waals surface area contributed by atoms with Crippen LogP contribution in [0.1, 0.15) is 24.7 Å². The molecule has 124 valence electrons. The lowest BCUT2D eigenvalue weighted by Gasteiger charge is -2.08. The Morgan fingerprint density at radius 1 is 1.35 bits per heavy atom. The van der Waals surface area contributed by atoms with E-state index in [1.54, 1.807) is 14.2 Å². The van der Waals surface area contributed by atoms with Gasteiger partial charge < -0.3 is 14.6 Å². The highest BCUT2D eigenvalue weighted by molar-refractivity contribution is 8.00. The van der Waals surface area contributed by atoms with Crippen LogP contribution in [0.5, 0.6) is 11.5 Å². The Hall–Kier alpha value is -2.22. The largest absolute Gasteiger partial charge is 0.493 e. The van der Waals surface area contributed by atoms with E-state index in [0.717, 1.165) is 17.3 Å². The summed E-state index contributed by atoms with van der Waals surface area (Å²) in [5.74, 6) is 1.12. The number of thioether (sulfide) groups is 1. The van der Waals surface area contributed by atoms with E-state index < -0.39 is 11.2 Å². The van der Waals surface area contributed by atoms with Crippen molar-refractivity contribution in [2.24, 2.45) is 0 Å². The van der Waals surface area contributed by atoms with Gasteiger partial charge in [0.2, 0.25) is 5.16 Å². The van der Waals surface area contributed by atoms with Gasteiger partial charge in [-0.15, -0.1) is 5.10 Å². The first-order chi connectivity index (χ1) is 11.1. The van der Waals surface area contributed by atoms with Crippen molar-refractivity contribution in [3.05, 3.63) is 29.6 Å². The number of H-pyrrole nitrogens is 1. The van der Waals surface area contributed by atoms with Crippen LogP contribution in [0.25, 0.3) is 0 Å². The molecule has 2 N–H and O–H groups in total. The zero-order valence-electron chi connectivity index (χ0n) is 13.2. The van der Waals surface area contributed by atoms with Gasteiger partial charge >= 0.3 is 5.97 Å². The van der Waals surface area contributed by atoms with Gasteiger partial charge in [-0.25, -0.2) is 4.98 Å². The Labute approximate surface area is 138 Å². The van der Waals surface area contributed by atoms with Gasteiger partial charge in [-0.2, -0.15) is 0 Å². The van der Waals surface area contributed by atoms with E-state index in [1.165, 1.54) is 0 Å². The van der Waals surface area contributed by atoms with Crippen molar-refractivity contribution < 1.29 is 19.4 Å². The van der Waals surface area contributed by atoms with E-state index in [1.807, 2.05) is 25.1 Å². The third kappa shape index (κ3) is 4.38. The van der Waals surface area contributed by atoms with E-state index in [0.29, 0.717) is 35.3 Å². The number of carbonyl (C=O) groups is 1. The number of methoxy groups -OCH3 is 2. The number of nitrogens with zero attached hydrogens (tertiary/aromatic N) is 2. The summed E-state index contributed by atoms with van der Waals surface area (Å²) in [6.07, 6.45) is 1.05. The van der Waals surface area contributed by atoms with E-state index in [2.05, 4.69) is 15.2 Å². The Kier molecular flexibility index (Phi) is 5.86. The number of aliphatic carboxylic acids is 1. The maximum atomic E-state index is 11.1. The third-order valence-corrected chi connectivity index (χ3v) is 4.44. The van der Waals surface area contributed by atoms with Crippen molar-refractivity contribution in [2.75, 3.05) is 14.2 Å². The van der Waals surface area contributed by atoms with Gasteiger partial charge in [0.1, 0.15) is 11.1 Å². The van der Waals surface area contributed by atoms with Crippen LogP contribution in [0.15, 0.2) is 23.4 Å². The fourth-order valence-corrected chi connectivity index (χ4v) is 2.81. The smallest absolute Gasteiger partial charge is 0.317 e. The minimum Gasteiger partial charge on any atom is -0.493 e. The van der Waals surface area contributed by atoms with E-state index >= 15 is 0 Å². The SMILES string of the molecule is CC[C@H](Sc1n[nH]c(Cc2ccc(OC)c(OC)c2)n1)C(=O)O. The molecule has 0 saturated carbocycles. The topological polar surface area (TPSA) is 97.3 Å². The molecule has 0 radical (unpaired) electrons. The summed E-state index contributed by atoms with van der Waals surface area (Å²) in [5, 5.41) is 15.9. The molecule has 2 aromatic rings. The summed E-state index contributed by atoms with van der Waals surface area (Å²) < 4.78 is 10.5. The lowest BCUT2D eigenvalue weighted by molar-refractivity contribution is -0.136.